The van der Waals surface area contributed by atoms with E-state index in [0.29, 0.717) is 19.3 Å². The minimum Gasteiger partial charge on any atom is -0.453 e. The molecule has 0 radical (unpaired) electrons. The van der Waals surface area contributed by atoms with Crippen LogP contribution in [0.5, 0.6) is 0 Å². The third kappa shape index (κ3) is 1.86. The van der Waals surface area contributed by atoms with Gasteiger partial charge in [-0.15, -0.1) is 0 Å². The molecule has 6 heteroatoms. The number of hydrogen-bond donors (Lipinski definition) is 2. The van der Waals surface area contributed by atoms with Gasteiger partial charge in [0.05, 0.1) is 5.60 Å². The molecule has 0 aliphatic heterocycles. The molecular weight excluding hydrogens is 264 g/mol. The highest BCUT2D eigenvalue weighted by Crippen LogP contribution is 2.65. The highest BCUT2D eigenvalue weighted by atomic mass is 16.6. The zero-order valence-electron chi connectivity index (χ0n) is 11.1. The fourth-order valence-corrected chi connectivity index (χ4v) is 4.44. The summed E-state index contributed by atoms with van der Waals surface area (Å²) < 4.78 is 10.1. The number of rotatable bonds is 4. The Morgan fingerprint density at radius 3 is 2.65 bits per heavy atom. The number of carbonyl (C=O) groups is 2. The monoisotopic (exact) mass is 282 g/mol. The zero-order chi connectivity index (χ0) is 14.6. The lowest BCUT2D eigenvalue weighted by Gasteiger charge is -2.36. The SMILES string of the molecule is C=CC(=O)OCC(=O)OC12CC3CC(O)(CC1(O)C3)C2. The maximum absolute atomic E-state index is 11.8. The number of aliphatic hydroxyl groups is 2. The van der Waals surface area contributed by atoms with Crippen molar-refractivity contribution < 1.29 is 29.3 Å². The second kappa shape index (κ2) is 4.05. The minimum absolute atomic E-state index is 0.177. The van der Waals surface area contributed by atoms with E-state index in [1.54, 1.807) is 0 Å². The van der Waals surface area contributed by atoms with E-state index in [0.717, 1.165) is 6.08 Å². The van der Waals surface area contributed by atoms with Crippen LogP contribution in [0, 0.1) is 5.92 Å². The Kier molecular flexibility index (Phi) is 2.75. The van der Waals surface area contributed by atoms with Crippen molar-refractivity contribution in [2.24, 2.45) is 5.92 Å². The molecule has 4 atom stereocenters. The quantitative estimate of drug-likeness (QED) is 0.560. The van der Waals surface area contributed by atoms with Gasteiger partial charge in [-0.3, -0.25) is 0 Å². The Labute approximate surface area is 116 Å². The molecule has 0 aromatic heterocycles. The van der Waals surface area contributed by atoms with Crippen molar-refractivity contribution in [3.63, 3.8) is 0 Å². The van der Waals surface area contributed by atoms with E-state index in [4.69, 9.17) is 4.74 Å². The van der Waals surface area contributed by atoms with Crippen LogP contribution in [-0.2, 0) is 19.1 Å². The van der Waals surface area contributed by atoms with Crippen molar-refractivity contribution in [2.45, 2.75) is 48.9 Å². The van der Waals surface area contributed by atoms with Crippen molar-refractivity contribution in [3.05, 3.63) is 12.7 Å². The third-order valence-electron chi connectivity index (χ3n) is 4.81. The minimum atomic E-state index is -1.15. The summed E-state index contributed by atoms with van der Waals surface area (Å²) in [4.78, 5) is 22.7. The summed E-state index contributed by atoms with van der Waals surface area (Å²) in [6, 6.07) is 0. The van der Waals surface area contributed by atoms with Crippen LogP contribution in [0.25, 0.3) is 0 Å². The van der Waals surface area contributed by atoms with Crippen molar-refractivity contribution in [1.82, 2.24) is 0 Å². The highest BCUT2D eigenvalue weighted by molar-refractivity contribution is 5.83. The van der Waals surface area contributed by atoms with Crippen LogP contribution >= 0.6 is 0 Å². The number of hydrogen-bond acceptors (Lipinski definition) is 6. The number of esters is 2. The molecule has 0 saturated heterocycles. The van der Waals surface area contributed by atoms with E-state index >= 15 is 0 Å². The molecule has 0 spiro atoms. The summed E-state index contributed by atoms with van der Waals surface area (Å²) in [7, 11) is 0. The van der Waals surface area contributed by atoms with Gasteiger partial charge in [-0.25, -0.2) is 9.59 Å². The van der Waals surface area contributed by atoms with Crippen molar-refractivity contribution >= 4 is 11.9 Å². The average molecular weight is 282 g/mol. The standard InChI is InChI=1S/C14H18O6/c1-2-10(15)19-6-11(16)20-14-5-9-3-12(17,8-14)7-13(14,18)4-9/h2,9,17-18H,1,3-8H2. The normalized spacial score (nSPS) is 44.4. The van der Waals surface area contributed by atoms with Gasteiger partial charge in [-0.05, 0) is 25.2 Å². The van der Waals surface area contributed by atoms with Gasteiger partial charge < -0.3 is 19.7 Å². The van der Waals surface area contributed by atoms with Gasteiger partial charge in [0.1, 0.15) is 11.2 Å². The summed E-state index contributed by atoms with van der Waals surface area (Å²) in [5, 5.41) is 21.0. The predicted molar refractivity (Wildman–Crippen MR) is 66.5 cm³/mol. The lowest BCUT2D eigenvalue weighted by molar-refractivity contribution is -0.187. The van der Waals surface area contributed by atoms with E-state index in [1.807, 2.05) is 0 Å². The van der Waals surface area contributed by atoms with Crippen molar-refractivity contribution in [1.29, 1.82) is 0 Å². The van der Waals surface area contributed by atoms with Crippen LogP contribution in [0.2, 0.25) is 0 Å². The van der Waals surface area contributed by atoms with Gasteiger partial charge in [-0.1, -0.05) is 6.58 Å². The van der Waals surface area contributed by atoms with Gasteiger partial charge in [0.15, 0.2) is 6.61 Å². The summed E-state index contributed by atoms with van der Waals surface area (Å²) in [6.07, 6.45) is 3.23. The van der Waals surface area contributed by atoms with E-state index in [2.05, 4.69) is 11.3 Å². The molecule has 0 aromatic rings. The molecule has 4 aliphatic carbocycles. The highest BCUT2D eigenvalue weighted by Gasteiger charge is 2.73. The molecule has 2 N–H and O–H groups in total. The smallest absolute Gasteiger partial charge is 0.344 e. The Bertz CT molecular complexity index is 488. The first-order valence-corrected chi connectivity index (χ1v) is 6.76. The van der Waals surface area contributed by atoms with Crippen LogP contribution in [0.1, 0.15) is 32.1 Å². The van der Waals surface area contributed by atoms with Crippen molar-refractivity contribution in [3.8, 4) is 0 Å². The topological polar surface area (TPSA) is 93.1 Å². The van der Waals surface area contributed by atoms with Crippen LogP contribution in [0.4, 0.5) is 0 Å². The molecule has 4 fully saturated rings. The molecule has 6 nitrogen and oxygen atoms in total. The second-order valence-corrected chi connectivity index (χ2v) is 6.37. The van der Waals surface area contributed by atoms with Gasteiger partial charge in [-0.2, -0.15) is 0 Å². The predicted octanol–water partition coefficient (Wildman–Crippen LogP) is 0.0673. The second-order valence-electron chi connectivity index (χ2n) is 6.37. The summed E-state index contributed by atoms with van der Waals surface area (Å²) in [5.74, 6) is -1.23. The summed E-state index contributed by atoms with van der Waals surface area (Å²) >= 11 is 0. The van der Waals surface area contributed by atoms with Gasteiger partial charge in [0.25, 0.3) is 0 Å². The van der Waals surface area contributed by atoms with Crippen LogP contribution in [0.3, 0.4) is 0 Å². The van der Waals surface area contributed by atoms with Crippen LogP contribution in [0.15, 0.2) is 12.7 Å². The Morgan fingerprint density at radius 1 is 1.25 bits per heavy atom. The molecule has 110 valence electrons. The van der Waals surface area contributed by atoms with E-state index < -0.39 is 35.3 Å². The van der Waals surface area contributed by atoms with E-state index in [9.17, 15) is 19.8 Å². The molecule has 0 heterocycles. The van der Waals surface area contributed by atoms with Crippen LogP contribution in [-0.4, -0.2) is 45.6 Å². The molecule has 20 heavy (non-hydrogen) atoms. The number of carbonyl (C=O) groups excluding carboxylic acids is 2. The Balaban J connectivity index is 1.70. The molecule has 4 aliphatic rings. The maximum Gasteiger partial charge on any atom is 0.344 e. The third-order valence-corrected chi connectivity index (χ3v) is 4.81. The molecule has 4 bridgehead atoms. The van der Waals surface area contributed by atoms with Gasteiger partial charge in [0, 0.05) is 18.9 Å². The van der Waals surface area contributed by atoms with Gasteiger partial charge in [0.2, 0.25) is 0 Å². The molecule has 0 amide bonds. The summed E-state index contributed by atoms with van der Waals surface area (Å²) in [5.41, 5.74) is -3.11. The lowest BCUT2D eigenvalue weighted by Crippen LogP contribution is -2.49. The van der Waals surface area contributed by atoms with Gasteiger partial charge >= 0.3 is 11.9 Å². The first kappa shape index (κ1) is 13.6. The fourth-order valence-electron chi connectivity index (χ4n) is 4.44. The first-order chi connectivity index (χ1) is 9.30. The van der Waals surface area contributed by atoms with E-state index in [1.165, 1.54) is 0 Å². The fraction of sp³-hybridized carbons (Fsp3) is 0.714. The average Bonchev–Trinajstić information content (AvgIpc) is 2.60. The zero-order valence-corrected chi connectivity index (χ0v) is 11.1. The van der Waals surface area contributed by atoms with Crippen LogP contribution < -0.4 is 0 Å². The van der Waals surface area contributed by atoms with Crippen molar-refractivity contribution in [2.75, 3.05) is 6.61 Å². The molecule has 0 aromatic carbocycles. The Hall–Kier alpha value is -1.40. The largest absolute Gasteiger partial charge is 0.453 e. The Morgan fingerprint density at radius 2 is 2.00 bits per heavy atom. The van der Waals surface area contributed by atoms with E-state index in [-0.39, 0.29) is 18.8 Å². The maximum atomic E-state index is 11.8. The molecule has 4 rings (SSSR count). The molecular formula is C14H18O6. The summed E-state index contributed by atoms with van der Waals surface area (Å²) in [6.45, 7) is 2.72. The lowest BCUT2D eigenvalue weighted by atomic mass is 9.77. The number of ether oxygens (including phenoxy) is 2. The first-order valence-electron chi connectivity index (χ1n) is 6.76. The molecule has 4 saturated carbocycles. The molecule has 4 unspecified atom stereocenters.